The summed E-state index contributed by atoms with van der Waals surface area (Å²) in [6.07, 6.45) is 0.129. The van der Waals surface area contributed by atoms with E-state index >= 15 is 0 Å². The first-order valence-corrected chi connectivity index (χ1v) is 8.34. The van der Waals surface area contributed by atoms with Crippen molar-refractivity contribution in [1.29, 1.82) is 0 Å². The maximum Gasteiger partial charge on any atom is 0.251 e. The van der Waals surface area contributed by atoms with Crippen LogP contribution in [0, 0.1) is 6.92 Å². The maximum atomic E-state index is 12.1. The van der Waals surface area contributed by atoms with Crippen LogP contribution in [0.1, 0.15) is 22.3 Å². The van der Waals surface area contributed by atoms with Crippen LogP contribution in [-0.4, -0.2) is 25.5 Å². The Morgan fingerprint density at radius 3 is 2.44 bits per heavy atom. The number of aryl methyl sites for hydroxylation is 1. The number of anilines is 1. The number of benzene rings is 2. The smallest absolute Gasteiger partial charge is 0.251 e. The predicted octanol–water partition coefficient (Wildman–Crippen LogP) is 4.07. The minimum Gasteiger partial charge on any atom is -0.495 e. The number of methoxy groups -OCH3 is 1. The highest BCUT2D eigenvalue weighted by atomic mass is 35.5. The van der Waals surface area contributed by atoms with E-state index in [4.69, 9.17) is 27.9 Å². The highest BCUT2D eigenvalue weighted by Gasteiger charge is 2.11. The molecule has 7 heteroatoms. The zero-order chi connectivity index (χ0) is 18.4. The lowest BCUT2D eigenvalue weighted by atomic mass is 10.2. The molecule has 0 aliphatic rings. The van der Waals surface area contributed by atoms with E-state index < -0.39 is 0 Å². The lowest BCUT2D eigenvalue weighted by Crippen LogP contribution is -2.27. The molecule has 132 valence electrons. The molecular weight excluding hydrogens is 363 g/mol. The summed E-state index contributed by atoms with van der Waals surface area (Å²) in [7, 11) is 1.50. The first-order chi connectivity index (χ1) is 11.9. The number of carbonyl (C=O) groups excluding carboxylic acids is 2. The fourth-order valence-electron chi connectivity index (χ4n) is 2.14. The third kappa shape index (κ3) is 5.37. The summed E-state index contributed by atoms with van der Waals surface area (Å²) in [6.45, 7) is 2.05. The molecule has 25 heavy (non-hydrogen) atoms. The number of amides is 2. The van der Waals surface area contributed by atoms with Gasteiger partial charge in [-0.2, -0.15) is 0 Å². The van der Waals surface area contributed by atoms with Crippen LogP contribution in [0.25, 0.3) is 0 Å². The number of nitrogens with one attached hydrogen (secondary N) is 2. The molecule has 0 saturated heterocycles. The molecule has 0 aliphatic carbocycles. The third-order valence-electron chi connectivity index (χ3n) is 3.50. The molecule has 0 bridgehead atoms. The molecular formula is C18H18Cl2N2O3. The van der Waals surface area contributed by atoms with Crippen molar-refractivity contribution >= 4 is 40.7 Å². The summed E-state index contributed by atoms with van der Waals surface area (Å²) in [5.41, 5.74) is 1.85. The van der Waals surface area contributed by atoms with Gasteiger partial charge in [-0.05, 0) is 42.8 Å². The summed E-state index contributed by atoms with van der Waals surface area (Å²) in [5, 5.41) is 6.57. The SMILES string of the molecule is COc1cc(Cl)c(C)cc1NC(=O)CCNC(=O)c1ccc(Cl)cc1. The summed E-state index contributed by atoms with van der Waals surface area (Å²) in [4.78, 5) is 24.0. The molecule has 2 amide bonds. The zero-order valence-corrected chi connectivity index (χ0v) is 15.4. The van der Waals surface area contributed by atoms with Gasteiger partial charge in [-0.3, -0.25) is 9.59 Å². The van der Waals surface area contributed by atoms with Crippen molar-refractivity contribution in [2.45, 2.75) is 13.3 Å². The normalized spacial score (nSPS) is 10.2. The van der Waals surface area contributed by atoms with Gasteiger partial charge < -0.3 is 15.4 Å². The van der Waals surface area contributed by atoms with E-state index in [1.807, 2.05) is 6.92 Å². The van der Waals surface area contributed by atoms with Gasteiger partial charge in [-0.15, -0.1) is 0 Å². The Balaban J connectivity index is 1.88. The molecule has 0 heterocycles. The molecule has 0 spiro atoms. The second kappa shape index (κ2) is 8.74. The van der Waals surface area contributed by atoms with Crippen molar-refractivity contribution < 1.29 is 14.3 Å². The van der Waals surface area contributed by atoms with Crippen molar-refractivity contribution in [3.05, 3.63) is 57.6 Å². The van der Waals surface area contributed by atoms with Crippen LogP contribution >= 0.6 is 23.2 Å². The van der Waals surface area contributed by atoms with Crippen molar-refractivity contribution in [1.82, 2.24) is 5.32 Å². The molecule has 0 unspecified atom stereocenters. The molecule has 0 saturated carbocycles. The highest BCUT2D eigenvalue weighted by molar-refractivity contribution is 6.31. The van der Waals surface area contributed by atoms with Gasteiger partial charge in [-0.1, -0.05) is 23.2 Å². The Hall–Kier alpha value is -2.24. The number of rotatable bonds is 6. The maximum absolute atomic E-state index is 12.1. The van der Waals surface area contributed by atoms with Gasteiger partial charge in [0.05, 0.1) is 12.8 Å². The fourth-order valence-corrected chi connectivity index (χ4v) is 2.42. The molecule has 2 aromatic rings. The second-order valence-electron chi connectivity index (χ2n) is 5.36. The quantitative estimate of drug-likeness (QED) is 0.793. The summed E-state index contributed by atoms with van der Waals surface area (Å²) >= 11 is 11.8. The molecule has 0 fully saturated rings. The zero-order valence-electron chi connectivity index (χ0n) is 13.9. The van der Waals surface area contributed by atoms with Gasteiger partial charge in [-0.25, -0.2) is 0 Å². The van der Waals surface area contributed by atoms with Gasteiger partial charge in [0.15, 0.2) is 0 Å². The van der Waals surface area contributed by atoms with Crippen LogP contribution < -0.4 is 15.4 Å². The van der Waals surface area contributed by atoms with Gasteiger partial charge >= 0.3 is 0 Å². The van der Waals surface area contributed by atoms with Crippen molar-refractivity contribution in [2.75, 3.05) is 19.0 Å². The molecule has 2 rings (SSSR count). The predicted molar refractivity (Wildman–Crippen MR) is 99.8 cm³/mol. The molecule has 0 radical (unpaired) electrons. The van der Waals surface area contributed by atoms with Gasteiger partial charge in [0, 0.05) is 34.6 Å². The average Bonchev–Trinajstić information content (AvgIpc) is 2.58. The van der Waals surface area contributed by atoms with E-state index in [0.717, 1.165) is 5.56 Å². The molecule has 2 aromatic carbocycles. The summed E-state index contributed by atoms with van der Waals surface area (Å²) in [6, 6.07) is 9.91. The van der Waals surface area contributed by atoms with E-state index in [-0.39, 0.29) is 24.8 Å². The minimum atomic E-state index is -0.260. The minimum absolute atomic E-state index is 0.129. The molecule has 0 atom stereocenters. The van der Waals surface area contributed by atoms with Gasteiger partial charge in [0.1, 0.15) is 5.75 Å². The van der Waals surface area contributed by atoms with Gasteiger partial charge in [0.2, 0.25) is 5.91 Å². The topological polar surface area (TPSA) is 67.4 Å². The molecule has 0 aliphatic heterocycles. The van der Waals surface area contributed by atoms with Crippen LogP contribution in [-0.2, 0) is 4.79 Å². The van der Waals surface area contributed by atoms with Crippen LogP contribution in [0.2, 0.25) is 10.0 Å². The molecule has 5 nitrogen and oxygen atoms in total. The first kappa shape index (κ1) is 19.1. The Morgan fingerprint density at radius 2 is 1.80 bits per heavy atom. The standard InChI is InChI=1S/C18H18Cl2N2O3/c1-11-9-15(16(25-2)10-14(11)20)22-17(23)7-8-21-18(24)12-3-5-13(19)6-4-12/h3-6,9-10H,7-8H2,1-2H3,(H,21,24)(H,22,23). The van der Waals surface area contributed by atoms with Gasteiger partial charge in [0.25, 0.3) is 5.91 Å². The van der Waals surface area contributed by atoms with Crippen LogP contribution in [0.3, 0.4) is 0 Å². The summed E-state index contributed by atoms with van der Waals surface area (Å²) < 4.78 is 5.21. The second-order valence-corrected chi connectivity index (χ2v) is 6.21. The van der Waals surface area contributed by atoms with Crippen LogP contribution in [0.5, 0.6) is 5.75 Å². The Labute approximate surface area is 156 Å². The van der Waals surface area contributed by atoms with Crippen molar-refractivity contribution in [2.24, 2.45) is 0 Å². The number of hydrogen-bond donors (Lipinski definition) is 2. The monoisotopic (exact) mass is 380 g/mol. The lowest BCUT2D eigenvalue weighted by Gasteiger charge is -2.12. The largest absolute Gasteiger partial charge is 0.495 e. The average molecular weight is 381 g/mol. The van der Waals surface area contributed by atoms with Crippen LogP contribution in [0.4, 0.5) is 5.69 Å². The van der Waals surface area contributed by atoms with E-state index in [1.165, 1.54) is 7.11 Å². The first-order valence-electron chi connectivity index (χ1n) is 7.58. The van der Waals surface area contributed by atoms with E-state index in [9.17, 15) is 9.59 Å². The van der Waals surface area contributed by atoms with E-state index in [2.05, 4.69) is 10.6 Å². The number of halogens is 2. The summed E-state index contributed by atoms with van der Waals surface area (Å²) in [5.74, 6) is -0.0186. The molecule has 2 N–H and O–H groups in total. The Bertz CT molecular complexity index is 777. The van der Waals surface area contributed by atoms with Crippen molar-refractivity contribution in [3.8, 4) is 5.75 Å². The van der Waals surface area contributed by atoms with E-state index in [0.29, 0.717) is 27.0 Å². The van der Waals surface area contributed by atoms with E-state index in [1.54, 1.807) is 36.4 Å². The third-order valence-corrected chi connectivity index (χ3v) is 4.16. The fraction of sp³-hybridized carbons (Fsp3) is 0.222. The number of ether oxygens (including phenoxy) is 1. The Kier molecular flexibility index (Phi) is 6.67. The number of hydrogen-bond acceptors (Lipinski definition) is 3. The number of carbonyl (C=O) groups is 2. The van der Waals surface area contributed by atoms with Crippen molar-refractivity contribution in [3.63, 3.8) is 0 Å². The lowest BCUT2D eigenvalue weighted by molar-refractivity contribution is -0.116. The molecule has 0 aromatic heterocycles. The van der Waals surface area contributed by atoms with Crippen LogP contribution in [0.15, 0.2) is 36.4 Å². The highest BCUT2D eigenvalue weighted by Crippen LogP contribution is 2.30. The Morgan fingerprint density at radius 1 is 1.12 bits per heavy atom.